The van der Waals surface area contributed by atoms with Gasteiger partial charge in [0.15, 0.2) is 0 Å². The number of allylic oxidation sites excluding steroid dienone is 2. The first kappa shape index (κ1) is 7.80. The zero-order valence-electron chi connectivity index (χ0n) is 6.55. The molecule has 1 unspecified atom stereocenters. The lowest BCUT2D eigenvalue weighted by Crippen LogP contribution is -2.06. The molecule has 58 valence electrons. The van der Waals surface area contributed by atoms with Gasteiger partial charge in [-0.3, -0.25) is 0 Å². The Bertz CT molecular complexity index is 107. The van der Waals surface area contributed by atoms with E-state index in [9.17, 15) is 0 Å². The highest BCUT2D eigenvalue weighted by molar-refractivity contribution is 4.89. The van der Waals surface area contributed by atoms with Crippen LogP contribution in [-0.4, -0.2) is 6.54 Å². The molecule has 2 N–H and O–H groups in total. The molecule has 1 heteroatoms. The summed E-state index contributed by atoms with van der Waals surface area (Å²) >= 11 is 0. The van der Waals surface area contributed by atoms with Crippen LogP contribution >= 0.6 is 0 Å². The molecule has 0 aliphatic heterocycles. The highest BCUT2D eigenvalue weighted by Gasteiger charge is 2.07. The molecule has 1 aliphatic carbocycles. The van der Waals surface area contributed by atoms with E-state index in [0.29, 0.717) is 0 Å². The van der Waals surface area contributed by atoms with E-state index in [1.165, 1.54) is 32.1 Å². The third kappa shape index (κ3) is 2.53. The first-order chi connectivity index (χ1) is 4.93. The normalized spacial score (nSPS) is 25.1. The lowest BCUT2D eigenvalue weighted by molar-refractivity contribution is 0.435. The van der Waals surface area contributed by atoms with Gasteiger partial charge in [-0.05, 0) is 44.6 Å². The van der Waals surface area contributed by atoms with E-state index in [1.54, 1.807) is 0 Å². The van der Waals surface area contributed by atoms with Crippen molar-refractivity contribution in [2.24, 2.45) is 11.7 Å². The standard InChI is InChI=1S/C9H17N/c10-8-4-7-9-5-2-1-3-6-9/h1-2,9H,3-8,10H2. The summed E-state index contributed by atoms with van der Waals surface area (Å²) in [6, 6.07) is 0. The monoisotopic (exact) mass is 139 g/mol. The predicted molar refractivity (Wildman–Crippen MR) is 44.8 cm³/mol. The molecule has 1 nitrogen and oxygen atoms in total. The Hall–Kier alpha value is -0.300. The molecule has 1 atom stereocenters. The molecule has 0 aromatic carbocycles. The van der Waals surface area contributed by atoms with Crippen LogP contribution in [-0.2, 0) is 0 Å². The summed E-state index contributed by atoms with van der Waals surface area (Å²) in [6.45, 7) is 0.861. The summed E-state index contributed by atoms with van der Waals surface area (Å²) in [6.07, 6.45) is 11.1. The molecule has 0 bridgehead atoms. The second kappa shape index (κ2) is 4.51. The van der Waals surface area contributed by atoms with Crippen molar-refractivity contribution in [3.8, 4) is 0 Å². The molecular formula is C9H17N. The first-order valence-corrected chi connectivity index (χ1v) is 4.28. The minimum Gasteiger partial charge on any atom is -0.330 e. The van der Waals surface area contributed by atoms with Crippen LogP contribution in [0.2, 0.25) is 0 Å². The molecule has 0 radical (unpaired) electrons. The maximum absolute atomic E-state index is 5.43. The highest BCUT2D eigenvalue weighted by Crippen LogP contribution is 2.21. The molecule has 10 heavy (non-hydrogen) atoms. The molecule has 0 amide bonds. The summed E-state index contributed by atoms with van der Waals surface area (Å²) in [4.78, 5) is 0. The van der Waals surface area contributed by atoms with Crippen LogP contribution in [0.5, 0.6) is 0 Å². The Labute approximate surface area is 63.3 Å². The first-order valence-electron chi connectivity index (χ1n) is 4.28. The van der Waals surface area contributed by atoms with E-state index in [2.05, 4.69) is 12.2 Å². The van der Waals surface area contributed by atoms with Crippen molar-refractivity contribution in [2.75, 3.05) is 6.54 Å². The lowest BCUT2D eigenvalue weighted by Gasteiger charge is -2.16. The molecule has 0 heterocycles. The van der Waals surface area contributed by atoms with Gasteiger partial charge in [0.25, 0.3) is 0 Å². The molecule has 1 rings (SSSR count). The van der Waals surface area contributed by atoms with Gasteiger partial charge in [-0.1, -0.05) is 12.2 Å². The van der Waals surface area contributed by atoms with Gasteiger partial charge in [0.05, 0.1) is 0 Å². The molecular weight excluding hydrogens is 122 g/mol. The number of nitrogens with two attached hydrogens (primary N) is 1. The van der Waals surface area contributed by atoms with Crippen LogP contribution in [0.15, 0.2) is 12.2 Å². The molecule has 0 saturated carbocycles. The quantitative estimate of drug-likeness (QED) is 0.595. The molecule has 0 aromatic rings. The topological polar surface area (TPSA) is 26.0 Å². The average Bonchev–Trinajstić information content (AvgIpc) is 2.03. The second-order valence-electron chi connectivity index (χ2n) is 3.08. The van der Waals surface area contributed by atoms with Crippen LogP contribution in [0.4, 0.5) is 0 Å². The van der Waals surface area contributed by atoms with Gasteiger partial charge in [-0.15, -0.1) is 0 Å². The van der Waals surface area contributed by atoms with Crippen molar-refractivity contribution in [3.05, 3.63) is 12.2 Å². The molecule has 0 spiro atoms. The van der Waals surface area contributed by atoms with Crippen LogP contribution in [0.1, 0.15) is 32.1 Å². The highest BCUT2D eigenvalue weighted by atomic mass is 14.5. The molecule has 1 aliphatic rings. The number of hydrogen-bond acceptors (Lipinski definition) is 1. The maximum atomic E-state index is 5.43. The van der Waals surface area contributed by atoms with Gasteiger partial charge in [0.2, 0.25) is 0 Å². The predicted octanol–water partition coefficient (Wildman–Crippen LogP) is 2.08. The van der Waals surface area contributed by atoms with E-state index in [-0.39, 0.29) is 0 Å². The Kier molecular flexibility index (Phi) is 3.52. The number of hydrogen-bond donors (Lipinski definition) is 1. The Balaban J connectivity index is 2.10. The Morgan fingerprint density at radius 3 is 2.90 bits per heavy atom. The summed E-state index contributed by atoms with van der Waals surface area (Å²) in [5.41, 5.74) is 5.43. The van der Waals surface area contributed by atoms with Gasteiger partial charge in [0.1, 0.15) is 0 Å². The van der Waals surface area contributed by atoms with Crippen LogP contribution in [0, 0.1) is 5.92 Å². The van der Waals surface area contributed by atoms with Crippen LogP contribution in [0.3, 0.4) is 0 Å². The number of rotatable bonds is 3. The van der Waals surface area contributed by atoms with Crippen molar-refractivity contribution < 1.29 is 0 Å². The lowest BCUT2D eigenvalue weighted by atomic mass is 9.90. The van der Waals surface area contributed by atoms with Gasteiger partial charge in [-0.25, -0.2) is 0 Å². The zero-order valence-corrected chi connectivity index (χ0v) is 6.55. The SMILES string of the molecule is NCCCC1CC=CCC1. The Morgan fingerprint density at radius 1 is 1.40 bits per heavy atom. The van der Waals surface area contributed by atoms with Gasteiger partial charge < -0.3 is 5.73 Å². The van der Waals surface area contributed by atoms with E-state index in [0.717, 1.165) is 12.5 Å². The summed E-state index contributed by atoms with van der Waals surface area (Å²) in [7, 11) is 0. The largest absolute Gasteiger partial charge is 0.330 e. The summed E-state index contributed by atoms with van der Waals surface area (Å²) in [5.74, 6) is 0.938. The van der Waals surface area contributed by atoms with Crippen LogP contribution in [0.25, 0.3) is 0 Å². The minimum atomic E-state index is 0.861. The van der Waals surface area contributed by atoms with Crippen molar-refractivity contribution in [1.82, 2.24) is 0 Å². The van der Waals surface area contributed by atoms with E-state index in [4.69, 9.17) is 5.73 Å². The van der Waals surface area contributed by atoms with E-state index in [1.807, 2.05) is 0 Å². The fourth-order valence-electron chi connectivity index (χ4n) is 1.53. The minimum absolute atomic E-state index is 0.861. The third-order valence-electron chi connectivity index (χ3n) is 2.19. The third-order valence-corrected chi connectivity index (χ3v) is 2.19. The fraction of sp³-hybridized carbons (Fsp3) is 0.778. The molecule has 0 aromatic heterocycles. The van der Waals surface area contributed by atoms with E-state index < -0.39 is 0 Å². The zero-order chi connectivity index (χ0) is 7.23. The van der Waals surface area contributed by atoms with E-state index >= 15 is 0 Å². The van der Waals surface area contributed by atoms with Gasteiger partial charge in [-0.2, -0.15) is 0 Å². The van der Waals surface area contributed by atoms with Crippen molar-refractivity contribution in [1.29, 1.82) is 0 Å². The molecule has 0 saturated heterocycles. The summed E-state index contributed by atoms with van der Waals surface area (Å²) < 4.78 is 0. The Morgan fingerprint density at radius 2 is 2.30 bits per heavy atom. The smallest absolute Gasteiger partial charge is 0.00772 e. The van der Waals surface area contributed by atoms with Gasteiger partial charge >= 0.3 is 0 Å². The summed E-state index contributed by atoms with van der Waals surface area (Å²) in [5, 5.41) is 0. The molecule has 0 fully saturated rings. The van der Waals surface area contributed by atoms with Crippen LogP contribution < -0.4 is 5.73 Å². The van der Waals surface area contributed by atoms with Crippen molar-refractivity contribution in [2.45, 2.75) is 32.1 Å². The second-order valence-corrected chi connectivity index (χ2v) is 3.08. The fourth-order valence-corrected chi connectivity index (χ4v) is 1.53. The van der Waals surface area contributed by atoms with Crippen molar-refractivity contribution >= 4 is 0 Å². The van der Waals surface area contributed by atoms with Gasteiger partial charge in [0, 0.05) is 0 Å². The van der Waals surface area contributed by atoms with Crippen molar-refractivity contribution in [3.63, 3.8) is 0 Å². The maximum Gasteiger partial charge on any atom is -0.00772 e. The average molecular weight is 139 g/mol.